The molecule has 2 aromatic carbocycles. The second-order valence-electron chi connectivity index (χ2n) is 15.9. The molecule has 4 heterocycles. The van der Waals surface area contributed by atoms with E-state index in [4.69, 9.17) is 50.0 Å². The van der Waals surface area contributed by atoms with Crippen molar-refractivity contribution in [3.8, 4) is 29.1 Å². The summed E-state index contributed by atoms with van der Waals surface area (Å²) in [5.41, 5.74) is 2.12. The number of likely N-dealkylation sites (N-methyl/N-ethyl adjacent to an activating group) is 1. The first-order chi connectivity index (χ1) is 25.5. The van der Waals surface area contributed by atoms with Gasteiger partial charge in [0.1, 0.15) is 34.1 Å². The number of hydrogen-bond acceptors (Lipinski definition) is 12. The Morgan fingerprint density at radius 3 is 2.63 bits per heavy atom. The van der Waals surface area contributed by atoms with E-state index in [0.29, 0.717) is 34.0 Å². The number of hydrogen-bond donors (Lipinski definition) is 1. The van der Waals surface area contributed by atoms with Crippen LogP contribution in [0.2, 0.25) is 30.7 Å². The Bertz CT molecular complexity index is 2110. The fraction of sp³-hybridized carbons (Fsp3) is 0.526. The highest BCUT2D eigenvalue weighted by Gasteiger charge is 2.36. The van der Waals surface area contributed by atoms with Crippen molar-refractivity contribution in [3.63, 3.8) is 0 Å². The predicted molar refractivity (Wildman–Crippen MR) is 210 cm³/mol. The molecule has 290 valence electrons. The van der Waals surface area contributed by atoms with Crippen molar-refractivity contribution in [1.82, 2.24) is 14.9 Å². The Labute approximate surface area is 324 Å². The number of rotatable bonds is 12. The molecule has 0 saturated carbocycles. The van der Waals surface area contributed by atoms with Gasteiger partial charge in [-0.3, -0.25) is 10.2 Å². The largest absolute Gasteiger partial charge is 0.459 e. The number of nitriles is 1. The molecule has 0 radical (unpaired) electrons. The Morgan fingerprint density at radius 2 is 1.96 bits per heavy atom. The minimum absolute atomic E-state index is 0.0435. The van der Waals surface area contributed by atoms with Crippen molar-refractivity contribution in [2.24, 2.45) is 0 Å². The number of benzene rings is 2. The summed E-state index contributed by atoms with van der Waals surface area (Å²) in [5, 5.41) is 14.3. The van der Waals surface area contributed by atoms with E-state index in [2.05, 4.69) is 35.9 Å². The van der Waals surface area contributed by atoms with Crippen molar-refractivity contribution < 1.29 is 37.6 Å². The molecule has 2 aromatic heterocycles. The molecule has 54 heavy (non-hydrogen) atoms. The molecule has 0 spiro atoms. The quantitative estimate of drug-likeness (QED) is 0.0837. The molecule has 0 unspecified atom stereocenters. The number of halogens is 2. The second kappa shape index (κ2) is 15.9. The van der Waals surface area contributed by atoms with Crippen LogP contribution in [0.3, 0.4) is 0 Å². The number of ether oxygens (including phenoxy) is 6. The molecule has 4 aromatic rings. The van der Waals surface area contributed by atoms with Gasteiger partial charge in [-0.1, -0.05) is 37.3 Å². The number of nitrogens with zero attached hydrogens (tertiary/aromatic N) is 4. The lowest BCUT2D eigenvalue weighted by atomic mass is 9.91. The summed E-state index contributed by atoms with van der Waals surface area (Å²) >= 11 is 8.34. The molecule has 2 aliphatic rings. The number of nitrogens with one attached hydrogen (secondary N) is 1. The van der Waals surface area contributed by atoms with Crippen LogP contribution < -0.4 is 14.8 Å². The lowest BCUT2D eigenvalue weighted by Crippen LogP contribution is -2.38. The minimum Gasteiger partial charge on any atom is -0.459 e. The van der Waals surface area contributed by atoms with Crippen LogP contribution in [-0.4, -0.2) is 87.0 Å². The molecular weight excluding hydrogens is 753 g/mol. The standard InChI is InChI=1S/C38H47ClFN5O7SSi/c1-20(27-14-21(47-6)16-45(27)5)51-36-42-32-30(34(43-36)50-19-48-12-13-54(7,8)9)25-18-49-17-24(25)28(31(32)39)22-10-11-26(40)33-29(22)23(15-41)35(53-33)44-37(46)52-38(2,3)4/h10-11,20-21,27H,12-14,16-19H2,1-9H3,(H,44,46)/t20-,21+,27-/m0/s1. The topological polar surface area (TPSA) is 137 Å². The Kier molecular flexibility index (Phi) is 11.8. The number of likely N-dealkylation sites (tertiary alicyclic amines) is 1. The number of aromatic nitrogens is 2. The fourth-order valence-corrected chi connectivity index (χ4v) is 9.04. The van der Waals surface area contributed by atoms with Crippen LogP contribution in [0, 0.1) is 17.1 Å². The van der Waals surface area contributed by atoms with E-state index in [1.165, 1.54) is 6.07 Å². The summed E-state index contributed by atoms with van der Waals surface area (Å²) < 4.78 is 51.4. The van der Waals surface area contributed by atoms with Crippen LogP contribution in [0.1, 0.15) is 50.8 Å². The van der Waals surface area contributed by atoms with Gasteiger partial charge >= 0.3 is 12.1 Å². The third-order valence-corrected chi connectivity index (χ3v) is 12.7. The first-order valence-corrected chi connectivity index (χ1v) is 22.8. The van der Waals surface area contributed by atoms with E-state index in [9.17, 15) is 10.1 Å². The van der Waals surface area contributed by atoms with Gasteiger partial charge in [0.15, 0.2) is 6.79 Å². The van der Waals surface area contributed by atoms with Gasteiger partial charge in [-0.2, -0.15) is 15.2 Å². The lowest BCUT2D eigenvalue weighted by molar-refractivity contribution is 0.0194. The fourth-order valence-electron chi connectivity index (χ4n) is 6.87. The van der Waals surface area contributed by atoms with E-state index in [-0.39, 0.29) is 70.4 Å². The highest BCUT2D eigenvalue weighted by atomic mass is 35.5. The van der Waals surface area contributed by atoms with Crippen LogP contribution in [0.25, 0.3) is 32.1 Å². The third kappa shape index (κ3) is 8.45. The van der Waals surface area contributed by atoms with Crippen LogP contribution in [-0.2, 0) is 32.2 Å². The lowest BCUT2D eigenvalue weighted by Gasteiger charge is -2.26. The minimum atomic E-state index is -1.33. The molecule has 12 nitrogen and oxygen atoms in total. The first kappa shape index (κ1) is 40.1. The van der Waals surface area contributed by atoms with E-state index < -0.39 is 25.6 Å². The number of carbonyl (C=O) groups is 1. The summed E-state index contributed by atoms with van der Waals surface area (Å²) in [4.78, 5) is 24.6. The summed E-state index contributed by atoms with van der Waals surface area (Å²) in [6, 6.07) is 6.16. The highest BCUT2D eigenvalue weighted by Crippen LogP contribution is 2.50. The molecule has 1 fully saturated rings. The zero-order valence-corrected chi connectivity index (χ0v) is 34.7. The van der Waals surface area contributed by atoms with Gasteiger partial charge in [-0.15, -0.1) is 11.3 Å². The second-order valence-corrected chi connectivity index (χ2v) is 22.9. The summed E-state index contributed by atoms with van der Waals surface area (Å²) in [5.74, 6) is -0.317. The molecule has 1 amide bonds. The Morgan fingerprint density at radius 1 is 1.22 bits per heavy atom. The predicted octanol–water partition coefficient (Wildman–Crippen LogP) is 8.73. The molecular formula is C38H47ClFN5O7SSi. The number of carbonyl (C=O) groups excluding carboxylic acids is 1. The first-order valence-electron chi connectivity index (χ1n) is 17.9. The third-order valence-electron chi connectivity index (χ3n) is 9.53. The van der Waals surface area contributed by atoms with Crippen molar-refractivity contribution in [2.75, 3.05) is 39.4 Å². The smallest absolute Gasteiger partial charge is 0.412 e. The van der Waals surface area contributed by atoms with Gasteiger partial charge in [-0.25, -0.2) is 9.18 Å². The normalized spacial score (nSPS) is 18.2. The Balaban J connectivity index is 1.49. The molecule has 16 heteroatoms. The summed E-state index contributed by atoms with van der Waals surface area (Å²) in [6.45, 7) is 15.7. The zero-order chi connectivity index (χ0) is 39.1. The monoisotopic (exact) mass is 799 g/mol. The maximum absolute atomic E-state index is 15.5. The van der Waals surface area contributed by atoms with Gasteiger partial charge in [0.25, 0.3) is 0 Å². The SMILES string of the molecule is CO[C@@H]1C[C@@H]([C@H](C)Oc2nc(OCOCC[Si](C)(C)C)c3c4c(c(-c5ccc(F)c6sc(NC(=O)OC(C)(C)C)c(C#N)c56)c(Cl)c3n2)COC4)N(C)C1. The number of amides is 1. The van der Waals surface area contributed by atoms with Gasteiger partial charge in [-0.05, 0) is 70.0 Å². The maximum Gasteiger partial charge on any atom is 0.412 e. The van der Waals surface area contributed by atoms with E-state index >= 15 is 4.39 Å². The molecule has 0 bridgehead atoms. The zero-order valence-electron chi connectivity index (χ0n) is 32.1. The maximum atomic E-state index is 15.5. The number of methoxy groups -OCH3 is 1. The van der Waals surface area contributed by atoms with Gasteiger partial charge in [0, 0.05) is 45.3 Å². The molecule has 0 aliphatic carbocycles. The van der Waals surface area contributed by atoms with Gasteiger partial charge in [0.2, 0.25) is 5.88 Å². The average Bonchev–Trinajstić information content (AvgIpc) is 3.81. The Hall–Kier alpha value is -3.62. The molecule has 1 N–H and O–H groups in total. The highest BCUT2D eigenvalue weighted by molar-refractivity contribution is 7.23. The number of anilines is 1. The number of fused-ring (bicyclic) bond motifs is 4. The van der Waals surface area contributed by atoms with Crippen LogP contribution in [0.15, 0.2) is 12.1 Å². The van der Waals surface area contributed by atoms with Gasteiger partial charge in [0.05, 0.1) is 40.0 Å². The average molecular weight is 800 g/mol. The van der Waals surface area contributed by atoms with Crippen molar-refractivity contribution >= 4 is 63.1 Å². The molecule has 3 atom stereocenters. The van der Waals surface area contributed by atoms with Gasteiger partial charge < -0.3 is 28.4 Å². The van der Waals surface area contributed by atoms with Crippen LogP contribution >= 0.6 is 22.9 Å². The molecule has 1 saturated heterocycles. The summed E-state index contributed by atoms with van der Waals surface area (Å²) in [6.07, 6.45) is -0.222. The van der Waals surface area contributed by atoms with Crippen LogP contribution in [0.4, 0.5) is 14.2 Å². The van der Waals surface area contributed by atoms with E-state index in [1.54, 1.807) is 33.9 Å². The van der Waals surface area contributed by atoms with Crippen molar-refractivity contribution in [2.45, 2.75) is 96.9 Å². The van der Waals surface area contributed by atoms with Crippen molar-refractivity contribution in [3.05, 3.63) is 39.7 Å². The number of thiophene rings is 1. The summed E-state index contributed by atoms with van der Waals surface area (Å²) in [7, 11) is 2.40. The van der Waals surface area contributed by atoms with Crippen LogP contribution in [0.5, 0.6) is 11.9 Å². The molecule has 2 aliphatic heterocycles. The van der Waals surface area contributed by atoms with E-state index in [0.717, 1.165) is 41.5 Å². The molecule has 6 rings (SSSR count). The van der Waals surface area contributed by atoms with Crippen molar-refractivity contribution in [1.29, 1.82) is 5.26 Å². The van der Waals surface area contributed by atoms with E-state index in [1.807, 2.05) is 14.0 Å².